The molecule has 0 unspecified atom stereocenters. The molecule has 0 radical (unpaired) electrons. The van der Waals surface area contributed by atoms with Crippen molar-refractivity contribution in [3.8, 4) is 66.8 Å². The van der Waals surface area contributed by atoms with E-state index >= 15 is 0 Å². The average molecular weight is 828 g/mol. The molecule has 1 nitrogen and oxygen atoms in total. The van der Waals surface area contributed by atoms with Crippen LogP contribution in [-0.4, -0.2) is 0 Å². The summed E-state index contributed by atoms with van der Waals surface area (Å²) < 4.78 is 0. The van der Waals surface area contributed by atoms with Crippen molar-refractivity contribution in [2.45, 2.75) is 24.7 Å². The highest BCUT2D eigenvalue weighted by Crippen LogP contribution is 2.66. The van der Waals surface area contributed by atoms with E-state index in [1.165, 1.54) is 100 Å². The number of hydrogen-bond donors (Lipinski definition) is 0. The lowest BCUT2D eigenvalue weighted by molar-refractivity contribution is 0.660. The van der Waals surface area contributed by atoms with E-state index in [2.05, 4.69) is 255 Å². The lowest BCUT2D eigenvalue weighted by Crippen LogP contribution is -2.26. The van der Waals surface area contributed by atoms with E-state index in [0.717, 1.165) is 17.1 Å². The Morgan fingerprint density at radius 1 is 0.277 bits per heavy atom. The molecule has 10 aromatic carbocycles. The Morgan fingerprint density at radius 3 is 1.32 bits per heavy atom. The lowest BCUT2D eigenvalue weighted by Gasteiger charge is -2.33. The van der Waals surface area contributed by atoms with Crippen LogP contribution in [0.25, 0.3) is 66.8 Å². The Hall–Kier alpha value is -8.00. The smallest absolute Gasteiger partial charge is 0.0726 e. The second-order valence-electron chi connectivity index (χ2n) is 18.4. The molecule has 306 valence electrons. The summed E-state index contributed by atoms with van der Waals surface area (Å²) in [7, 11) is 0. The van der Waals surface area contributed by atoms with Gasteiger partial charge in [0.25, 0.3) is 0 Å². The summed E-state index contributed by atoms with van der Waals surface area (Å²) in [6.07, 6.45) is 0. The van der Waals surface area contributed by atoms with Gasteiger partial charge in [-0.05, 0) is 137 Å². The highest BCUT2D eigenvalue weighted by Gasteiger charge is 2.53. The minimum Gasteiger partial charge on any atom is -0.310 e. The number of anilines is 3. The third-order valence-electron chi connectivity index (χ3n) is 14.7. The van der Waals surface area contributed by atoms with Gasteiger partial charge in [-0.2, -0.15) is 0 Å². The molecule has 10 aromatic rings. The van der Waals surface area contributed by atoms with Gasteiger partial charge in [-0.15, -0.1) is 0 Å². The molecule has 0 heterocycles. The van der Waals surface area contributed by atoms with Crippen LogP contribution in [-0.2, 0) is 10.8 Å². The van der Waals surface area contributed by atoms with Gasteiger partial charge in [0.1, 0.15) is 0 Å². The number of hydrogen-bond acceptors (Lipinski definition) is 1. The summed E-state index contributed by atoms with van der Waals surface area (Å²) >= 11 is 0. The van der Waals surface area contributed by atoms with Gasteiger partial charge in [0.15, 0.2) is 0 Å². The van der Waals surface area contributed by atoms with Crippen LogP contribution in [0.4, 0.5) is 17.1 Å². The summed E-state index contributed by atoms with van der Waals surface area (Å²) in [4.78, 5) is 2.56. The Morgan fingerprint density at radius 2 is 0.708 bits per heavy atom. The molecule has 0 saturated heterocycles. The monoisotopic (exact) mass is 827 g/mol. The third-order valence-corrected chi connectivity index (χ3v) is 14.7. The van der Waals surface area contributed by atoms with Crippen molar-refractivity contribution in [1.82, 2.24) is 0 Å². The van der Waals surface area contributed by atoms with E-state index in [9.17, 15) is 0 Å². The summed E-state index contributed by atoms with van der Waals surface area (Å²) in [5.74, 6) is 0. The van der Waals surface area contributed by atoms with E-state index in [1.807, 2.05) is 0 Å². The van der Waals surface area contributed by atoms with Crippen LogP contribution in [0.2, 0.25) is 0 Å². The second kappa shape index (κ2) is 14.3. The first-order valence-corrected chi connectivity index (χ1v) is 22.8. The minimum absolute atomic E-state index is 0.166. The molecule has 0 saturated carbocycles. The van der Waals surface area contributed by atoms with Gasteiger partial charge in [0, 0.05) is 22.4 Å². The van der Waals surface area contributed by atoms with Crippen LogP contribution in [0.5, 0.6) is 0 Å². The fourth-order valence-electron chi connectivity index (χ4n) is 11.7. The highest BCUT2D eigenvalue weighted by molar-refractivity contribution is 6.03. The van der Waals surface area contributed by atoms with Crippen LogP contribution in [0.1, 0.15) is 47.2 Å². The van der Waals surface area contributed by atoms with Crippen molar-refractivity contribution < 1.29 is 0 Å². The van der Waals surface area contributed by atoms with Crippen molar-refractivity contribution >= 4 is 17.1 Å². The quantitative estimate of drug-likeness (QED) is 0.161. The Balaban J connectivity index is 1.15. The van der Waals surface area contributed by atoms with Gasteiger partial charge >= 0.3 is 0 Å². The van der Waals surface area contributed by atoms with Gasteiger partial charge in [0.2, 0.25) is 0 Å². The highest BCUT2D eigenvalue weighted by atomic mass is 15.1. The van der Waals surface area contributed by atoms with Gasteiger partial charge in [0.05, 0.1) is 11.1 Å². The number of nitrogens with zero attached hydrogens (tertiary/aromatic N) is 1. The second-order valence-corrected chi connectivity index (χ2v) is 18.4. The largest absolute Gasteiger partial charge is 0.310 e. The van der Waals surface area contributed by atoms with Gasteiger partial charge in [-0.1, -0.05) is 208 Å². The molecule has 0 atom stereocenters. The molecule has 0 N–H and O–H groups in total. The average Bonchev–Trinajstić information content (AvgIpc) is 3.93. The predicted molar refractivity (Wildman–Crippen MR) is 271 cm³/mol. The Labute approximate surface area is 381 Å². The van der Waals surface area contributed by atoms with Gasteiger partial charge in [-0.25, -0.2) is 0 Å². The van der Waals surface area contributed by atoms with E-state index in [-0.39, 0.29) is 5.41 Å². The van der Waals surface area contributed by atoms with Gasteiger partial charge in [-0.3, -0.25) is 0 Å². The first-order chi connectivity index (χ1) is 32.0. The summed E-state index contributed by atoms with van der Waals surface area (Å²) in [5, 5.41) is 0. The molecule has 65 heavy (non-hydrogen) atoms. The fourth-order valence-corrected chi connectivity index (χ4v) is 11.7. The Bertz CT molecular complexity index is 3440. The van der Waals surface area contributed by atoms with E-state index < -0.39 is 5.41 Å². The predicted octanol–water partition coefficient (Wildman–Crippen LogP) is 16.8. The van der Waals surface area contributed by atoms with Crippen LogP contribution in [0.3, 0.4) is 0 Å². The van der Waals surface area contributed by atoms with Crippen LogP contribution in [0, 0.1) is 0 Å². The summed E-state index contributed by atoms with van der Waals surface area (Å²) in [6, 6.07) is 88.5. The zero-order valence-electron chi connectivity index (χ0n) is 36.5. The third kappa shape index (κ3) is 5.46. The summed E-state index contributed by atoms with van der Waals surface area (Å²) in [6.45, 7) is 4.76. The first-order valence-electron chi connectivity index (χ1n) is 22.8. The van der Waals surface area contributed by atoms with Crippen molar-refractivity contribution in [1.29, 1.82) is 0 Å². The molecule has 1 heteroatoms. The maximum Gasteiger partial charge on any atom is 0.0726 e. The molecule has 13 rings (SSSR count). The zero-order chi connectivity index (χ0) is 43.3. The molecule has 3 aliphatic rings. The summed E-state index contributed by atoms with van der Waals surface area (Å²) in [5.41, 5.74) is 25.7. The zero-order valence-corrected chi connectivity index (χ0v) is 36.5. The normalized spacial score (nSPS) is 13.9. The lowest BCUT2D eigenvalue weighted by atomic mass is 9.70. The number of benzene rings is 10. The molecule has 0 aliphatic heterocycles. The standard InChI is InChI=1S/C64H45N/c1-63(2)55-27-15-12-24-50(55)53-37-35-49(41-58(53)63)65(48-33-30-45(31-34-48)42-18-6-3-7-19-42)61-40-47(44-22-10-5-11-23-44)39-60-62(61)54-36-32-46(43-20-8-4-9-21-43)38-59(54)64(60)56-28-16-13-25-51(56)52-26-14-17-29-57(52)64/h3-41H,1-2H3. The topological polar surface area (TPSA) is 3.24 Å². The van der Waals surface area contributed by atoms with Gasteiger partial charge < -0.3 is 4.90 Å². The van der Waals surface area contributed by atoms with Crippen LogP contribution in [0.15, 0.2) is 237 Å². The number of rotatable bonds is 6. The molecule has 1 spiro atoms. The molecule has 0 amide bonds. The molecule has 3 aliphatic carbocycles. The van der Waals surface area contributed by atoms with Crippen molar-refractivity contribution in [3.63, 3.8) is 0 Å². The van der Waals surface area contributed by atoms with Crippen molar-refractivity contribution in [3.05, 3.63) is 270 Å². The van der Waals surface area contributed by atoms with E-state index in [0.29, 0.717) is 0 Å². The van der Waals surface area contributed by atoms with Crippen molar-refractivity contribution in [2.24, 2.45) is 0 Å². The van der Waals surface area contributed by atoms with E-state index in [1.54, 1.807) is 0 Å². The Kier molecular flexibility index (Phi) is 8.24. The molecular weight excluding hydrogens is 783 g/mol. The maximum absolute atomic E-state index is 2.56. The number of fused-ring (bicyclic) bond motifs is 13. The molecule has 0 fully saturated rings. The fraction of sp³-hybridized carbons (Fsp3) is 0.0625. The van der Waals surface area contributed by atoms with Crippen LogP contribution >= 0.6 is 0 Å². The molecular formula is C64H45N. The molecule has 0 aromatic heterocycles. The molecule has 0 bridgehead atoms. The SMILES string of the molecule is CC1(C)c2ccccc2-c2ccc(N(c3ccc(-c4ccccc4)cc3)c3cc(-c4ccccc4)cc4c3-c3ccc(-c5ccccc5)cc3C43c4ccccc4-c4ccccc43)cc21. The minimum atomic E-state index is -0.563. The first kappa shape index (κ1) is 37.5. The van der Waals surface area contributed by atoms with Crippen LogP contribution < -0.4 is 4.90 Å². The van der Waals surface area contributed by atoms with Crippen molar-refractivity contribution in [2.75, 3.05) is 4.90 Å². The van der Waals surface area contributed by atoms with E-state index in [4.69, 9.17) is 0 Å². The maximum atomic E-state index is 2.56.